The second-order valence-corrected chi connectivity index (χ2v) is 9.24. The lowest BCUT2D eigenvalue weighted by Crippen LogP contribution is -2.61. The van der Waals surface area contributed by atoms with Crippen molar-refractivity contribution in [3.63, 3.8) is 0 Å². The molecule has 0 unspecified atom stereocenters. The lowest BCUT2D eigenvalue weighted by atomic mass is 9.83. The van der Waals surface area contributed by atoms with E-state index < -0.39 is 0 Å². The van der Waals surface area contributed by atoms with Gasteiger partial charge in [0.05, 0.1) is 24.8 Å². The minimum absolute atomic E-state index is 0.000514. The molecular formula is C27H27ClFN3O2. The molecular weight excluding hydrogens is 453 g/mol. The number of halogens is 2. The highest BCUT2D eigenvalue weighted by Gasteiger charge is 2.41. The first-order chi connectivity index (χ1) is 16.5. The molecule has 176 valence electrons. The average Bonchev–Trinajstić information content (AvgIpc) is 2.87. The van der Waals surface area contributed by atoms with Gasteiger partial charge in [-0.3, -0.25) is 4.79 Å². The monoisotopic (exact) mass is 479 g/mol. The van der Waals surface area contributed by atoms with Gasteiger partial charge in [0.1, 0.15) is 11.6 Å². The van der Waals surface area contributed by atoms with Crippen molar-refractivity contribution in [2.75, 3.05) is 36.5 Å². The number of hydrogen-bond donors (Lipinski definition) is 1. The minimum atomic E-state index is -0.284. The van der Waals surface area contributed by atoms with E-state index in [9.17, 15) is 9.18 Å². The highest BCUT2D eigenvalue weighted by atomic mass is 35.5. The Kier molecular flexibility index (Phi) is 6.33. The van der Waals surface area contributed by atoms with Crippen molar-refractivity contribution in [1.29, 1.82) is 0 Å². The zero-order valence-corrected chi connectivity index (χ0v) is 19.8. The number of rotatable bonds is 5. The van der Waals surface area contributed by atoms with E-state index >= 15 is 0 Å². The quantitative estimate of drug-likeness (QED) is 0.577. The van der Waals surface area contributed by atoms with E-state index in [1.807, 2.05) is 24.3 Å². The third-order valence-corrected chi connectivity index (χ3v) is 7.06. The Morgan fingerprint density at radius 3 is 2.68 bits per heavy atom. The lowest BCUT2D eigenvalue weighted by Gasteiger charge is -2.49. The van der Waals surface area contributed by atoms with Crippen LogP contribution >= 0.6 is 11.6 Å². The first kappa shape index (κ1) is 22.5. The summed E-state index contributed by atoms with van der Waals surface area (Å²) in [4.78, 5) is 18.1. The average molecular weight is 480 g/mol. The van der Waals surface area contributed by atoms with Crippen LogP contribution in [0.1, 0.15) is 11.1 Å². The van der Waals surface area contributed by atoms with Gasteiger partial charge in [0.25, 0.3) is 0 Å². The Balaban J connectivity index is 1.41. The summed E-state index contributed by atoms with van der Waals surface area (Å²) >= 11 is 6.31. The van der Waals surface area contributed by atoms with Crippen molar-refractivity contribution >= 4 is 28.9 Å². The molecule has 1 fully saturated rings. The van der Waals surface area contributed by atoms with Crippen LogP contribution in [-0.2, 0) is 17.8 Å². The van der Waals surface area contributed by atoms with Gasteiger partial charge in [-0.1, -0.05) is 41.9 Å². The number of carbonyl (C=O) groups excluding carboxylic acids is 1. The maximum Gasteiger partial charge on any atom is 0.225 e. The summed E-state index contributed by atoms with van der Waals surface area (Å²) in [7, 11) is 1.66. The number of fused-ring (bicyclic) bond motifs is 3. The molecule has 2 aliphatic rings. The van der Waals surface area contributed by atoms with E-state index in [1.165, 1.54) is 23.4 Å². The van der Waals surface area contributed by atoms with Gasteiger partial charge in [0.2, 0.25) is 5.91 Å². The number of methoxy groups -OCH3 is 1. The number of hydrogen-bond acceptors (Lipinski definition) is 4. The predicted molar refractivity (Wildman–Crippen MR) is 133 cm³/mol. The van der Waals surface area contributed by atoms with Crippen molar-refractivity contribution in [3.8, 4) is 5.75 Å². The molecule has 2 atom stereocenters. The van der Waals surface area contributed by atoms with Crippen molar-refractivity contribution in [3.05, 3.63) is 88.7 Å². The number of benzene rings is 3. The molecule has 3 aromatic carbocycles. The lowest BCUT2D eigenvalue weighted by molar-refractivity contribution is -0.126. The Bertz CT molecular complexity index is 1190. The maximum atomic E-state index is 13.4. The molecule has 0 aromatic heterocycles. The summed E-state index contributed by atoms with van der Waals surface area (Å²) in [5.41, 5.74) is 4.21. The molecule has 3 aromatic rings. The first-order valence-corrected chi connectivity index (χ1v) is 11.9. The molecule has 2 heterocycles. The van der Waals surface area contributed by atoms with Crippen LogP contribution in [-0.4, -0.2) is 38.7 Å². The van der Waals surface area contributed by atoms with Gasteiger partial charge in [-0.05, 0) is 53.9 Å². The van der Waals surface area contributed by atoms with Gasteiger partial charge in [-0.2, -0.15) is 0 Å². The molecule has 0 saturated carbocycles. The predicted octanol–water partition coefficient (Wildman–Crippen LogP) is 4.67. The molecule has 5 nitrogen and oxygen atoms in total. The highest BCUT2D eigenvalue weighted by molar-refractivity contribution is 6.31. The molecule has 5 rings (SSSR count). The van der Waals surface area contributed by atoms with Crippen molar-refractivity contribution in [1.82, 2.24) is 5.32 Å². The summed E-state index contributed by atoms with van der Waals surface area (Å²) in [6.45, 7) is 2.64. The van der Waals surface area contributed by atoms with Crippen LogP contribution in [0.5, 0.6) is 5.75 Å². The molecule has 7 heteroatoms. The van der Waals surface area contributed by atoms with Crippen LogP contribution in [0.15, 0.2) is 66.7 Å². The largest absolute Gasteiger partial charge is 0.495 e. The zero-order valence-electron chi connectivity index (χ0n) is 19.0. The number of ether oxygens (including phenoxy) is 1. The number of carbonyl (C=O) groups is 1. The van der Waals surface area contributed by atoms with Crippen LogP contribution in [0.25, 0.3) is 0 Å². The summed E-state index contributed by atoms with van der Waals surface area (Å²) < 4.78 is 18.8. The molecule has 0 aliphatic carbocycles. The van der Waals surface area contributed by atoms with E-state index in [-0.39, 0.29) is 23.7 Å². The molecule has 1 saturated heterocycles. The summed E-state index contributed by atoms with van der Waals surface area (Å²) in [5.74, 6) is 0.275. The molecule has 0 bridgehead atoms. The van der Waals surface area contributed by atoms with Gasteiger partial charge in [0, 0.05) is 36.9 Å². The Labute approximate surface area is 204 Å². The second-order valence-electron chi connectivity index (χ2n) is 8.81. The molecule has 2 aliphatic heterocycles. The Hall–Kier alpha value is -3.25. The van der Waals surface area contributed by atoms with Crippen LogP contribution in [0.4, 0.5) is 15.8 Å². The molecule has 0 spiro atoms. The van der Waals surface area contributed by atoms with Crippen LogP contribution in [0.2, 0.25) is 5.02 Å². The molecule has 34 heavy (non-hydrogen) atoms. The second kappa shape index (κ2) is 9.55. The molecule has 1 amide bonds. The van der Waals surface area contributed by atoms with Crippen LogP contribution in [0, 0.1) is 11.7 Å². The molecule has 1 N–H and O–H groups in total. The summed E-state index contributed by atoms with van der Waals surface area (Å²) in [6, 6.07) is 20.2. The van der Waals surface area contributed by atoms with Crippen molar-refractivity contribution in [2.45, 2.75) is 19.0 Å². The van der Waals surface area contributed by atoms with Gasteiger partial charge in [0.15, 0.2) is 0 Å². The van der Waals surface area contributed by atoms with Crippen LogP contribution in [0.3, 0.4) is 0 Å². The Morgan fingerprint density at radius 2 is 1.88 bits per heavy atom. The number of anilines is 2. The topological polar surface area (TPSA) is 44.8 Å². The highest BCUT2D eigenvalue weighted by Crippen LogP contribution is 2.39. The number of nitrogens with zero attached hydrogens (tertiary/aromatic N) is 2. The van der Waals surface area contributed by atoms with Crippen LogP contribution < -0.4 is 19.9 Å². The fourth-order valence-electron chi connectivity index (χ4n) is 5.11. The number of amides is 1. The fraction of sp³-hybridized carbons (Fsp3) is 0.296. The van der Waals surface area contributed by atoms with E-state index in [2.05, 4.69) is 33.3 Å². The van der Waals surface area contributed by atoms with Gasteiger partial charge < -0.3 is 19.9 Å². The number of piperazine rings is 1. The van der Waals surface area contributed by atoms with Gasteiger partial charge >= 0.3 is 0 Å². The zero-order chi connectivity index (χ0) is 23.7. The Morgan fingerprint density at radius 1 is 1.09 bits per heavy atom. The number of para-hydroxylation sites is 1. The van der Waals surface area contributed by atoms with Gasteiger partial charge in [-0.15, -0.1) is 0 Å². The third-order valence-electron chi connectivity index (χ3n) is 6.82. The smallest absolute Gasteiger partial charge is 0.225 e. The standard InChI is InChI=1S/C27H27ClFN3O2/c1-34-26-11-8-20(28)15-24(26)31-12-13-32-23-5-3-2-4-19(23)14-22(25(32)17-31)27(33)30-16-18-6-9-21(29)10-7-18/h2-11,15,22,25H,12-14,16-17H2,1H3,(H,30,33)/t22-,25-/m1/s1. The van der Waals surface area contributed by atoms with Crippen molar-refractivity contribution in [2.24, 2.45) is 5.92 Å². The van der Waals surface area contributed by atoms with E-state index in [0.29, 0.717) is 24.5 Å². The first-order valence-electron chi connectivity index (χ1n) is 11.5. The van der Waals surface area contributed by atoms with E-state index in [0.717, 1.165) is 30.1 Å². The van der Waals surface area contributed by atoms with E-state index in [4.69, 9.17) is 16.3 Å². The summed E-state index contributed by atoms with van der Waals surface area (Å²) in [5, 5.41) is 3.74. The third kappa shape index (κ3) is 4.42. The number of nitrogens with one attached hydrogen (secondary N) is 1. The SMILES string of the molecule is COc1ccc(Cl)cc1N1CCN2c3ccccc3C[C@@H](C(=O)NCc3ccc(F)cc3)[C@H]2C1. The normalized spacial score (nSPS) is 19.3. The fourth-order valence-corrected chi connectivity index (χ4v) is 5.28. The van der Waals surface area contributed by atoms with Gasteiger partial charge in [-0.25, -0.2) is 4.39 Å². The maximum absolute atomic E-state index is 13.4. The summed E-state index contributed by atoms with van der Waals surface area (Å²) in [6.07, 6.45) is 0.674. The van der Waals surface area contributed by atoms with Crippen molar-refractivity contribution < 1.29 is 13.9 Å². The minimum Gasteiger partial charge on any atom is -0.495 e. The molecule has 0 radical (unpaired) electrons. The van der Waals surface area contributed by atoms with E-state index in [1.54, 1.807) is 19.2 Å².